The number of rotatable bonds is 4. The van der Waals surface area contributed by atoms with Crippen molar-refractivity contribution in [2.45, 2.75) is 26.4 Å². The zero-order chi connectivity index (χ0) is 15.6. The molecule has 1 unspecified atom stereocenters. The molecule has 0 saturated carbocycles. The van der Waals surface area contributed by atoms with Crippen molar-refractivity contribution in [2.75, 3.05) is 12.8 Å². The standard InChI is InChI=1S/C15H19FN4O/c1-4-20-9-13(17)14(18-20)15(21)19(3)10(2)11-7-5-6-8-12(11)16/h5-10H,4,17H2,1-3H3. The van der Waals surface area contributed by atoms with Gasteiger partial charge in [-0.3, -0.25) is 9.48 Å². The number of aryl methyl sites for hydroxylation is 1. The van der Waals surface area contributed by atoms with E-state index in [1.807, 2.05) is 6.92 Å². The van der Waals surface area contributed by atoms with Crippen molar-refractivity contribution in [3.05, 3.63) is 47.5 Å². The minimum absolute atomic E-state index is 0.197. The number of halogens is 1. The van der Waals surface area contributed by atoms with Crippen LogP contribution in [0.25, 0.3) is 0 Å². The van der Waals surface area contributed by atoms with Gasteiger partial charge in [-0.2, -0.15) is 5.10 Å². The van der Waals surface area contributed by atoms with Crippen LogP contribution in [0.1, 0.15) is 35.9 Å². The molecule has 1 heterocycles. The molecule has 0 aliphatic heterocycles. The quantitative estimate of drug-likeness (QED) is 0.940. The first kappa shape index (κ1) is 15.0. The van der Waals surface area contributed by atoms with Gasteiger partial charge in [-0.15, -0.1) is 0 Å². The molecular formula is C15H19FN4O. The number of hydrogen-bond donors (Lipinski definition) is 1. The zero-order valence-corrected chi connectivity index (χ0v) is 12.4. The van der Waals surface area contributed by atoms with Gasteiger partial charge in [0, 0.05) is 25.4 Å². The van der Waals surface area contributed by atoms with Gasteiger partial charge in [-0.25, -0.2) is 4.39 Å². The first-order valence-electron chi connectivity index (χ1n) is 6.80. The second-order valence-electron chi connectivity index (χ2n) is 4.90. The zero-order valence-electron chi connectivity index (χ0n) is 12.4. The predicted molar refractivity (Wildman–Crippen MR) is 79.2 cm³/mol. The maximum absolute atomic E-state index is 13.8. The Balaban J connectivity index is 2.26. The SMILES string of the molecule is CCn1cc(N)c(C(=O)N(C)C(C)c2ccccc2F)n1. The number of nitrogens with zero attached hydrogens (tertiary/aromatic N) is 3. The third-order valence-corrected chi connectivity index (χ3v) is 3.57. The number of hydrogen-bond acceptors (Lipinski definition) is 3. The molecule has 1 aromatic carbocycles. The molecule has 6 heteroatoms. The predicted octanol–water partition coefficient (Wildman–Crippen LogP) is 2.46. The van der Waals surface area contributed by atoms with Crippen molar-refractivity contribution < 1.29 is 9.18 Å². The Hall–Kier alpha value is -2.37. The van der Waals surface area contributed by atoms with Crippen LogP contribution >= 0.6 is 0 Å². The van der Waals surface area contributed by atoms with Gasteiger partial charge in [-0.1, -0.05) is 18.2 Å². The van der Waals surface area contributed by atoms with E-state index in [0.717, 1.165) is 0 Å². The fourth-order valence-electron chi connectivity index (χ4n) is 2.13. The Morgan fingerprint density at radius 3 is 2.71 bits per heavy atom. The average molecular weight is 290 g/mol. The van der Waals surface area contributed by atoms with Gasteiger partial charge in [-0.05, 0) is 19.9 Å². The Morgan fingerprint density at radius 2 is 2.14 bits per heavy atom. The van der Waals surface area contributed by atoms with Crippen LogP contribution in [0.3, 0.4) is 0 Å². The molecule has 0 aliphatic rings. The summed E-state index contributed by atoms with van der Waals surface area (Å²) in [6.45, 7) is 4.31. The van der Waals surface area contributed by atoms with E-state index < -0.39 is 6.04 Å². The highest BCUT2D eigenvalue weighted by Gasteiger charge is 2.24. The van der Waals surface area contributed by atoms with E-state index in [0.29, 0.717) is 17.8 Å². The molecule has 2 aromatic rings. The highest BCUT2D eigenvalue weighted by molar-refractivity contribution is 5.97. The largest absolute Gasteiger partial charge is 0.396 e. The van der Waals surface area contributed by atoms with Gasteiger partial charge in [0.2, 0.25) is 0 Å². The van der Waals surface area contributed by atoms with Gasteiger partial charge in [0.05, 0.1) is 11.7 Å². The Labute approximate surface area is 123 Å². The van der Waals surface area contributed by atoms with E-state index in [-0.39, 0.29) is 17.4 Å². The average Bonchev–Trinajstić information content (AvgIpc) is 2.86. The number of anilines is 1. The maximum Gasteiger partial charge on any atom is 0.276 e. The number of aromatic nitrogens is 2. The summed E-state index contributed by atoms with van der Waals surface area (Å²) in [4.78, 5) is 13.9. The molecule has 0 aliphatic carbocycles. The van der Waals surface area contributed by atoms with Crippen LogP contribution in [0, 0.1) is 5.82 Å². The van der Waals surface area contributed by atoms with Crippen LogP contribution in [-0.4, -0.2) is 27.6 Å². The van der Waals surface area contributed by atoms with Crippen molar-refractivity contribution in [3.8, 4) is 0 Å². The lowest BCUT2D eigenvalue weighted by atomic mass is 10.1. The minimum atomic E-state index is -0.412. The van der Waals surface area contributed by atoms with Crippen LogP contribution in [-0.2, 0) is 6.54 Å². The summed E-state index contributed by atoms with van der Waals surface area (Å²) < 4.78 is 15.4. The summed E-state index contributed by atoms with van der Waals surface area (Å²) in [5.74, 6) is -0.660. The highest BCUT2D eigenvalue weighted by atomic mass is 19.1. The van der Waals surface area contributed by atoms with Crippen molar-refractivity contribution >= 4 is 11.6 Å². The summed E-state index contributed by atoms with van der Waals surface area (Å²) in [5.41, 5.74) is 6.80. The van der Waals surface area contributed by atoms with E-state index in [2.05, 4.69) is 5.10 Å². The molecule has 0 fully saturated rings. The Bertz CT molecular complexity index is 653. The maximum atomic E-state index is 13.8. The number of amides is 1. The van der Waals surface area contributed by atoms with Crippen LogP contribution in [0.5, 0.6) is 0 Å². The van der Waals surface area contributed by atoms with E-state index in [1.54, 1.807) is 43.0 Å². The number of nitrogens with two attached hydrogens (primary N) is 1. The number of carbonyl (C=O) groups is 1. The van der Waals surface area contributed by atoms with Crippen molar-refractivity contribution in [3.63, 3.8) is 0 Å². The smallest absolute Gasteiger partial charge is 0.276 e. The lowest BCUT2D eigenvalue weighted by Crippen LogP contribution is -2.31. The summed E-state index contributed by atoms with van der Waals surface area (Å²) in [6, 6.07) is 5.99. The van der Waals surface area contributed by atoms with Gasteiger partial charge in [0.1, 0.15) is 5.82 Å². The topological polar surface area (TPSA) is 64.2 Å². The summed E-state index contributed by atoms with van der Waals surface area (Å²) in [7, 11) is 1.61. The third-order valence-electron chi connectivity index (χ3n) is 3.57. The fraction of sp³-hybridized carbons (Fsp3) is 0.333. The molecular weight excluding hydrogens is 271 g/mol. The lowest BCUT2D eigenvalue weighted by Gasteiger charge is -2.25. The molecule has 0 radical (unpaired) electrons. The first-order valence-corrected chi connectivity index (χ1v) is 6.80. The Morgan fingerprint density at radius 1 is 1.48 bits per heavy atom. The van der Waals surface area contributed by atoms with E-state index in [4.69, 9.17) is 5.73 Å². The molecule has 0 spiro atoms. The molecule has 112 valence electrons. The minimum Gasteiger partial charge on any atom is -0.396 e. The molecule has 1 atom stereocenters. The normalized spacial score (nSPS) is 12.2. The Kier molecular flexibility index (Phi) is 4.26. The van der Waals surface area contributed by atoms with E-state index >= 15 is 0 Å². The first-order chi connectivity index (χ1) is 9.95. The van der Waals surface area contributed by atoms with Crippen molar-refractivity contribution in [2.24, 2.45) is 0 Å². The van der Waals surface area contributed by atoms with Crippen LogP contribution in [0.2, 0.25) is 0 Å². The summed E-state index contributed by atoms with van der Waals surface area (Å²) in [5, 5.41) is 4.15. The molecule has 21 heavy (non-hydrogen) atoms. The van der Waals surface area contributed by atoms with Gasteiger partial charge < -0.3 is 10.6 Å². The van der Waals surface area contributed by atoms with Crippen LogP contribution in [0.4, 0.5) is 10.1 Å². The molecule has 1 aromatic heterocycles. The van der Waals surface area contributed by atoms with Crippen LogP contribution in [0.15, 0.2) is 30.5 Å². The third kappa shape index (κ3) is 2.89. The number of benzene rings is 1. The highest BCUT2D eigenvalue weighted by Crippen LogP contribution is 2.24. The second-order valence-corrected chi connectivity index (χ2v) is 4.90. The molecule has 1 amide bonds. The van der Waals surface area contributed by atoms with Gasteiger partial charge in [0.25, 0.3) is 5.91 Å². The summed E-state index contributed by atoms with van der Waals surface area (Å²) >= 11 is 0. The monoisotopic (exact) mass is 290 g/mol. The molecule has 5 nitrogen and oxygen atoms in total. The van der Waals surface area contributed by atoms with Crippen LogP contribution < -0.4 is 5.73 Å². The van der Waals surface area contributed by atoms with Gasteiger partial charge in [0.15, 0.2) is 5.69 Å². The molecule has 0 saturated heterocycles. The van der Waals surface area contributed by atoms with E-state index in [9.17, 15) is 9.18 Å². The fourth-order valence-corrected chi connectivity index (χ4v) is 2.13. The summed E-state index contributed by atoms with van der Waals surface area (Å²) in [6.07, 6.45) is 1.62. The molecule has 2 rings (SSSR count). The molecule has 2 N–H and O–H groups in total. The van der Waals surface area contributed by atoms with E-state index in [1.165, 1.54) is 11.0 Å². The number of carbonyl (C=O) groups excluding carboxylic acids is 1. The molecule has 0 bridgehead atoms. The lowest BCUT2D eigenvalue weighted by molar-refractivity contribution is 0.0734. The van der Waals surface area contributed by atoms with Crippen molar-refractivity contribution in [1.29, 1.82) is 0 Å². The second kappa shape index (κ2) is 5.95. The number of nitrogen functional groups attached to an aromatic ring is 1. The van der Waals surface area contributed by atoms with Crippen molar-refractivity contribution in [1.82, 2.24) is 14.7 Å². The van der Waals surface area contributed by atoms with Gasteiger partial charge >= 0.3 is 0 Å².